The van der Waals surface area contributed by atoms with Gasteiger partial charge in [-0.05, 0) is 42.0 Å². The summed E-state index contributed by atoms with van der Waals surface area (Å²) in [5, 5.41) is 0. The lowest BCUT2D eigenvalue weighted by Crippen LogP contribution is -2.51. The Kier molecular flexibility index (Phi) is 4.49. The zero-order valence-corrected chi connectivity index (χ0v) is 19.0. The highest BCUT2D eigenvalue weighted by molar-refractivity contribution is 9.10. The molecule has 6 nitrogen and oxygen atoms in total. The molecule has 1 aliphatic carbocycles. The Morgan fingerprint density at radius 2 is 1.47 bits per heavy atom. The fraction of sp³-hybridized carbons (Fsp3) is 0.154. The minimum absolute atomic E-state index is 0.168. The average Bonchev–Trinajstić information content (AvgIpc) is 3.40. The van der Waals surface area contributed by atoms with Crippen LogP contribution in [-0.4, -0.2) is 29.0 Å². The van der Waals surface area contributed by atoms with Crippen LogP contribution in [0.3, 0.4) is 0 Å². The Morgan fingerprint density at radius 3 is 2.09 bits per heavy atom. The molecule has 34 heavy (non-hydrogen) atoms. The van der Waals surface area contributed by atoms with Crippen molar-refractivity contribution in [1.29, 1.82) is 0 Å². The van der Waals surface area contributed by atoms with Gasteiger partial charge in [0.05, 0.1) is 23.6 Å². The molecule has 1 spiro atoms. The Labute approximate surface area is 201 Å². The van der Waals surface area contributed by atoms with Gasteiger partial charge in [0.25, 0.3) is 0 Å². The molecule has 0 bridgehead atoms. The number of carbonyl (C=O) groups is 4. The van der Waals surface area contributed by atoms with E-state index in [2.05, 4.69) is 15.9 Å². The van der Waals surface area contributed by atoms with Crippen molar-refractivity contribution in [3.63, 3.8) is 0 Å². The number of anilines is 1. The lowest BCUT2D eigenvalue weighted by atomic mass is 9.77. The van der Waals surface area contributed by atoms with Gasteiger partial charge in [-0.15, -0.1) is 0 Å². The van der Waals surface area contributed by atoms with E-state index < -0.39 is 52.7 Å². The number of rotatable bonds is 2. The van der Waals surface area contributed by atoms with E-state index in [4.69, 9.17) is 4.74 Å². The largest absolute Gasteiger partial charge is 0.349 e. The second-order valence-corrected chi connectivity index (χ2v) is 9.44. The molecule has 168 valence electrons. The fourth-order valence-corrected chi connectivity index (χ4v) is 5.76. The summed E-state index contributed by atoms with van der Waals surface area (Å²) in [4.78, 5) is 55.7. The summed E-state index contributed by atoms with van der Waals surface area (Å²) in [6.07, 6.45) is -1.01. The normalized spacial score (nSPS) is 24.8. The van der Waals surface area contributed by atoms with Gasteiger partial charge >= 0.3 is 0 Å². The SMILES string of the molecule is O=C1[C@@H]2[C@@H](C(=O)N1c1ccc(F)cc1)C1(O[C@H]2c2cccc(Br)c2)C(=O)c2ccccc2C1=O. The monoisotopic (exact) mass is 519 g/mol. The Hall–Kier alpha value is -3.49. The van der Waals surface area contributed by atoms with E-state index in [9.17, 15) is 23.6 Å². The number of halogens is 2. The molecule has 3 aromatic carbocycles. The number of carbonyl (C=O) groups excluding carboxylic acids is 4. The number of imide groups is 1. The maximum atomic E-state index is 13.7. The molecule has 0 aromatic heterocycles. The van der Waals surface area contributed by atoms with Crippen molar-refractivity contribution >= 4 is 45.0 Å². The molecular formula is C26H15BrFNO5. The summed E-state index contributed by atoms with van der Waals surface area (Å²) in [5.41, 5.74) is -1.07. The molecule has 2 saturated heterocycles. The molecule has 2 fully saturated rings. The highest BCUT2D eigenvalue weighted by atomic mass is 79.9. The molecule has 3 aromatic rings. The quantitative estimate of drug-likeness (QED) is 0.372. The highest BCUT2D eigenvalue weighted by Crippen LogP contribution is 2.57. The van der Waals surface area contributed by atoms with Crippen LogP contribution in [0.15, 0.2) is 77.3 Å². The first-order chi connectivity index (χ1) is 16.3. The Balaban J connectivity index is 1.55. The van der Waals surface area contributed by atoms with E-state index in [1.807, 2.05) is 0 Å². The molecule has 2 heterocycles. The van der Waals surface area contributed by atoms with Crippen LogP contribution in [0.25, 0.3) is 0 Å². The third-order valence-electron chi connectivity index (χ3n) is 6.78. The van der Waals surface area contributed by atoms with Crippen molar-refractivity contribution in [3.05, 3.63) is 99.8 Å². The van der Waals surface area contributed by atoms with E-state index in [0.717, 1.165) is 17.0 Å². The van der Waals surface area contributed by atoms with Gasteiger partial charge in [-0.25, -0.2) is 9.29 Å². The third-order valence-corrected chi connectivity index (χ3v) is 7.27. The molecule has 6 rings (SSSR count). The standard InChI is InChI=1S/C26H15BrFNO5/c27-14-5-3-4-13(12-14)21-19-20(25(33)29(24(19)32)16-10-8-15(28)9-11-16)26(34-21)22(30)17-6-1-2-7-18(17)23(26)31/h1-12,19-21H/t19-,20+,21+/m1/s1. The van der Waals surface area contributed by atoms with Crippen molar-refractivity contribution in [3.8, 4) is 0 Å². The van der Waals surface area contributed by atoms with E-state index in [0.29, 0.717) is 10.0 Å². The number of benzene rings is 3. The summed E-state index contributed by atoms with van der Waals surface area (Å²) in [5.74, 6) is -5.53. The van der Waals surface area contributed by atoms with Gasteiger partial charge in [0.15, 0.2) is 0 Å². The van der Waals surface area contributed by atoms with Crippen molar-refractivity contribution in [1.82, 2.24) is 0 Å². The first kappa shape index (κ1) is 21.1. The number of hydrogen-bond donors (Lipinski definition) is 0. The molecule has 2 aliphatic heterocycles. The lowest BCUT2D eigenvalue weighted by Gasteiger charge is -2.27. The second kappa shape index (κ2) is 7.25. The Morgan fingerprint density at radius 1 is 0.824 bits per heavy atom. The number of nitrogens with zero attached hydrogens (tertiary/aromatic N) is 1. The van der Waals surface area contributed by atoms with Crippen molar-refractivity contribution in [2.24, 2.45) is 11.8 Å². The van der Waals surface area contributed by atoms with Crippen LogP contribution >= 0.6 is 15.9 Å². The molecule has 0 N–H and O–H groups in total. The van der Waals surface area contributed by atoms with Gasteiger partial charge in [0, 0.05) is 15.6 Å². The molecular weight excluding hydrogens is 505 g/mol. The van der Waals surface area contributed by atoms with Gasteiger partial charge in [0.2, 0.25) is 29.0 Å². The zero-order chi connectivity index (χ0) is 23.8. The molecule has 8 heteroatoms. The first-order valence-electron chi connectivity index (χ1n) is 10.6. The number of hydrogen-bond acceptors (Lipinski definition) is 5. The summed E-state index contributed by atoms with van der Waals surface area (Å²) in [7, 11) is 0. The number of ether oxygens (including phenoxy) is 1. The summed E-state index contributed by atoms with van der Waals surface area (Å²) < 4.78 is 20.4. The number of ketones is 2. The van der Waals surface area contributed by atoms with Crippen LogP contribution < -0.4 is 4.90 Å². The van der Waals surface area contributed by atoms with Gasteiger partial charge in [0.1, 0.15) is 5.82 Å². The molecule has 3 aliphatic rings. The first-order valence-corrected chi connectivity index (χ1v) is 11.4. The number of Topliss-reactive ketones (excluding diaryl/α,β-unsaturated/α-hetero) is 2. The van der Waals surface area contributed by atoms with E-state index in [1.54, 1.807) is 36.4 Å². The predicted molar refractivity (Wildman–Crippen MR) is 122 cm³/mol. The van der Waals surface area contributed by atoms with Crippen LogP contribution in [0, 0.1) is 17.7 Å². The van der Waals surface area contributed by atoms with Crippen LogP contribution in [0.2, 0.25) is 0 Å². The lowest BCUT2D eigenvalue weighted by molar-refractivity contribution is -0.127. The maximum Gasteiger partial charge on any atom is 0.241 e. The van der Waals surface area contributed by atoms with Crippen LogP contribution in [0.4, 0.5) is 10.1 Å². The minimum Gasteiger partial charge on any atom is -0.349 e. The van der Waals surface area contributed by atoms with E-state index in [1.165, 1.54) is 24.3 Å². The minimum atomic E-state index is -2.14. The second-order valence-electron chi connectivity index (χ2n) is 8.52. The molecule has 2 amide bonds. The molecule has 3 atom stereocenters. The summed E-state index contributed by atoms with van der Waals surface area (Å²) >= 11 is 3.40. The van der Waals surface area contributed by atoms with E-state index in [-0.39, 0.29) is 16.8 Å². The fourth-order valence-electron chi connectivity index (χ4n) is 5.35. The van der Waals surface area contributed by atoms with Crippen molar-refractivity contribution < 1.29 is 28.3 Å². The van der Waals surface area contributed by atoms with E-state index >= 15 is 0 Å². The topological polar surface area (TPSA) is 80.8 Å². The smallest absolute Gasteiger partial charge is 0.241 e. The van der Waals surface area contributed by atoms with Gasteiger partial charge < -0.3 is 4.74 Å². The van der Waals surface area contributed by atoms with Crippen LogP contribution in [-0.2, 0) is 14.3 Å². The Bertz CT molecular complexity index is 1380. The summed E-state index contributed by atoms with van der Waals surface area (Å²) in [6, 6.07) is 18.2. The highest BCUT2D eigenvalue weighted by Gasteiger charge is 2.74. The van der Waals surface area contributed by atoms with Crippen molar-refractivity contribution in [2.45, 2.75) is 11.7 Å². The third kappa shape index (κ3) is 2.63. The molecule has 0 radical (unpaired) electrons. The summed E-state index contributed by atoms with van der Waals surface area (Å²) in [6.45, 7) is 0. The molecule has 0 saturated carbocycles. The zero-order valence-electron chi connectivity index (χ0n) is 17.4. The average molecular weight is 520 g/mol. The number of amides is 2. The van der Waals surface area contributed by atoms with Gasteiger partial charge in [-0.1, -0.05) is 52.3 Å². The van der Waals surface area contributed by atoms with Crippen LogP contribution in [0.5, 0.6) is 0 Å². The van der Waals surface area contributed by atoms with Crippen molar-refractivity contribution in [2.75, 3.05) is 4.90 Å². The maximum absolute atomic E-state index is 13.7. The van der Waals surface area contributed by atoms with Gasteiger partial charge in [-0.2, -0.15) is 0 Å². The van der Waals surface area contributed by atoms with Gasteiger partial charge in [-0.3, -0.25) is 19.2 Å². The number of fused-ring (bicyclic) bond motifs is 3. The molecule has 0 unspecified atom stereocenters. The predicted octanol–water partition coefficient (Wildman–Crippen LogP) is 4.28. The van der Waals surface area contributed by atoms with Crippen LogP contribution in [0.1, 0.15) is 32.4 Å².